The number of nitrogens with one attached hydrogen (secondary N) is 2. The summed E-state index contributed by atoms with van der Waals surface area (Å²) < 4.78 is 22.3. The maximum absolute atomic E-state index is 11.8. The van der Waals surface area contributed by atoms with Gasteiger partial charge in [-0.3, -0.25) is 9.59 Å². The quantitative estimate of drug-likeness (QED) is 0.704. The van der Waals surface area contributed by atoms with Crippen LogP contribution in [0.25, 0.3) is 0 Å². The normalized spacial score (nSPS) is 10.9. The third-order valence-corrected chi connectivity index (χ3v) is 4.34. The zero-order valence-electron chi connectivity index (χ0n) is 12.3. The van der Waals surface area contributed by atoms with Gasteiger partial charge in [-0.1, -0.05) is 29.8 Å². The second kappa shape index (κ2) is 7.43. The van der Waals surface area contributed by atoms with Crippen LogP contribution in [0.5, 0.6) is 0 Å². The van der Waals surface area contributed by atoms with Crippen molar-refractivity contribution in [3.05, 3.63) is 59.1 Å². The van der Waals surface area contributed by atoms with Crippen LogP contribution in [0.1, 0.15) is 5.56 Å². The number of hydrogen-bond acceptors (Lipinski definition) is 4. The van der Waals surface area contributed by atoms with Gasteiger partial charge < -0.3 is 10.6 Å². The molecule has 0 spiro atoms. The summed E-state index contributed by atoms with van der Waals surface area (Å²) in [5.41, 5.74) is 0.943. The van der Waals surface area contributed by atoms with E-state index in [1.807, 2.05) is 0 Å². The highest BCUT2D eigenvalue weighted by atomic mass is 35.5. The number of carbonyl (C=O) groups excluding carboxylic acids is 2. The summed E-state index contributed by atoms with van der Waals surface area (Å²) in [7, 11) is -3.81. The van der Waals surface area contributed by atoms with Crippen molar-refractivity contribution in [2.24, 2.45) is 5.14 Å². The Labute approximate surface area is 143 Å². The van der Waals surface area contributed by atoms with E-state index in [1.54, 1.807) is 24.3 Å². The van der Waals surface area contributed by atoms with Crippen LogP contribution in [0.2, 0.25) is 5.02 Å². The van der Waals surface area contributed by atoms with E-state index in [0.29, 0.717) is 10.6 Å². The third kappa shape index (κ3) is 4.79. The van der Waals surface area contributed by atoms with Crippen molar-refractivity contribution >= 4 is 39.1 Å². The van der Waals surface area contributed by atoms with Crippen molar-refractivity contribution < 1.29 is 18.0 Å². The largest absolute Gasteiger partial charge is 0.344 e. The van der Waals surface area contributed by atoms with E-state index in [-0.39, 0.29) is 17.1 Å². The lowest BCUT2D eigenvalue weighted by atomic mass is 10.2. The zero-order chi connectivity index (χ0) is 17.7. The molecular weight excluding hydrogens is 354 g/mol. The Balaban J connectivity index is 1.94. The summed E-state index contributed by atoms with van der Waals surface area (Å²) in [4.78, 5) is 23.5. The molecule has 0 fully saturated rings. The molecule has 126 valence electrons. The Bertz CT molecular complexity index is 867. The average Bonchev–Trinajstić information content (AvgIpc) is 2.53. The summed E-state index contributed by atoms with van der Waals surface area (Å²) in [5, 5.41) is 10.3. The average molecular weight is 368 g/mol. The Kier molecular flexibility index (Phi) is 5.55. The molecule has 0 radical (unpaired) electrons. The molecule has 24 heavy (non-hydrogen) atoms. The van der Waals surface area contributed by atoms with Crippen LogP contribution in [0.3, 0.4) is 0 Å². The molecule has 0 aliphatic carbocycles. The van der Waals surface area contributed by atoms with Gasteiger partial charge in [-0.2, -0.15) is 0 Å². The van der Waals surface area contributed by atoms with E-state index in [2.05, 4.69) is 10.6 Å². The number of carbonyl (C=O) groups is 2. The zero-order valence-corrected chi connectivity index (χ0v) is 13.9. The molecule has 0 atom stereocenters. The van der Waals surface area contributed by atoms with Crippen LogP contribution < -0.4 is 15.8 Å². The summed E-state index contributed by atoms with van der Waals surface area (Å²) in [6, 6.07) is 12.0. The van der Waals surface area contributed by atoms with Crippen molar-refractivity contribution in [3.8, 4) is 0 Å². The van der Waals surface area contributed by atoms with E-state index in [1.165, 1.54) is 24.3 Å². The van der Waals surface area contributed by atoms with E-state index in [9.17, 15) is 18.0 Å². The minimum Gasteiger partial charge on any atom is -0.344 e. The number of benzene rings is 2. The van der Waals surface area contributed by atoms with Crippen LogP contribution in [0.15, 0.2) is 53.4 Å². The van der Waals surface area contributed by atoms with E-state index < -0.39 is 21.8 Å². The molecule has 9 heteroatoms. The molecule has 0 heterocycles. The van der Waals surface area contributed by atoms with Crippen LogP contribution >= 0.6 is 11.6 Å². The highest BCUT2D eigenvalue weighted by Crippen LogP contribution is 2.14. The van der Waals surface area contributed by atoms with Crippen LogP contribution in [0.4, 0.5) is 5.69 Å². The van der Waals surface area contributed by atoms with Gasteiger partial charge in [0.2, 0.25) is 10.0 Å². The second-order valence-corrected chi connectivity index (χ2v) is 6.77. The van der Waals surface area contributed by atoms with E-state index >= 15 is 0 Å². The van der Waals surface area contributed by atoms with Crippen LogP contribution in [-0.2, 0) is 26.2 Å². The fourth-order valence-electron chi connectivity index (χ4n) is 1.81. The molecule has 0 aromatic heterocycles. The van der Waals surface area contributed by atoms with Crippen molar-refractivity contribution in [2.45, 2.75) is 11.4 Å². The van der Waals surface area contributed by atoms with E-state index in [4.69, 9.17) is 16.7 Å². The van der Waals surface area contributed by atoms with Gasteiger partial charge in [-0.25, -0.2) is 13.6 Å². The minimum absolute atomic E-state index is 0.0938. The molecule has 2 rings (SSSR count). The maximum Gasteiger partial charge on any atom is 0.313 e. The molecular formula is C15H14ClN3O4S. The standard InChI is InChI=1S/C15H14ClN3O4S/c16-13-4-2-1-3-10(13)9-18-14(20)15(21)19-11-5-7-12(8-6-11)24(17,22)23/h1-8H,9H2,(H,18,20)(H,19,21)(H2,17,22,23). The van der Waals surface area contributed by atoms with Gasteiger partial charge in [-0.15, -0.1) is 0 Å². The van der Waals surface area contributed by atoms with Gasteiger partial charge in [0.05, 0.1) is 4.90 Å². The van der Waals surface area contributed by atoms with Crippen LogP contribution in [0, 0.1) is 0 Å². The molecule has 0 aliphatic rings. The van der Waals surface area contributed by atoms with Gasteiger partial charge >= 0.3 is 11.8 Å². The first-order valence-electron chi connectivity index (χ1n) is 6.73. The highest BCUT2D eigenvalue weighted by molar-refractivity contribution is 7.89. The predicted molar refractivity (Wildman–Crippen MR) is 89.7 cm³/mol. The molecule has 0 saturated carbocycles. The monoisotopic (exact) mass is 367 g/mol. The first kappa shape index (κ1) is 17.9. The third-order valence-electron chi connectivity index (χ3n) is 3.04. The number of amides is 2. The topological polar surface area (TPSA) is 118 Å². The minimum atomic E-state index is -3.81. The number of primary sulfonamides is 1. The van der Waals surface area contributed by atoms with Gasteiger partial charge in [0.1, 0.15) is 0 Å². The maximum atomic E-state index is 11.8. The molecule has 2 aromatic carbocycles. The fraction of sp³-hybridized carbons (Fsp3) is 0.0667. The summed E-state index contributed by atoms with van der Waals surface area (Å²) in [5.74, 6) is -1.73. The number of anilines is 1. The summed E-state index contributed by atoms with van der Waals surface area (Å²) >= 11 is 5.96. The Morgan fingerprint density at radius 2 is 1.62 bits per heavy atom. The van der Waals surface area contributed by atoms with Crippen molar-refractivity contribution in [1.82, 2.24) is 5.32 Å². The molecule has 0 unspecified atom stereocenters. The molecule has 2 amide bonds. The Morgan fingerprint density at radius 1 is 1.00 bits per heavy atom. The SMILES string of the molecule is NS(=O)(=O)c1ccc(NC(=O)C(=O)NCc2ccccc2Cl)cc1. The number of hydrogen-bond donors (Lipinski definition) is 3. The lowest BCUT2D eigenvalue weighted by Crippen LogP contribution is -2.35. The van der Waals surface area contributed by atoms with Gasteiger partial charge in [0, 0.05) is 17.3 Å². The summed E-state index contributed by atoms with van der Waals surface area (Å²) in [6.07, 6.45) is 0. The lowest BCUT2D eigenvalue weighted by molar-refractivity contribution is -0.136. The lowest BCUT2D eigenvalue weighted by Gasteiger charge is -2.08. The molecule has 2 aromatic rings. The van der Waals surface area contributed by atoms with Crippen molar-refractivity contribution in [2.75, 3.05) is 5.32 Å². The molecule has 0 bridgehead atoms. The molecule has 0 aliphatic heterocycles. The fourth-order valence-corrected chi connectivity index (χ4v) is 2.53. The first-order valence-corrected chi connectivity index (χ1v) is 8.65. The van der Waals surface area contributed by atoms with Gasteiger partial charge in [0.15, 0.2) is 0 Å². The van der Waals surface area contributed by atoms with Gasteiger partial charge in [0.25, 0.3) is 0 Å². The molecule has 7 nitrogen and oxygen atoms in total. The summed E-state index contributed by atoms with van der Waals surface area (Å²) in [6.45, 7) is 0.107. The first-order chi connectivity index (χ1) is 11.3. The van der Waals surface area contributed by atoms with Crippen molar-refractivity contribution in [1.29, 1.82) is 0 Å². The second-order valence-electron chi connectivity index (χ2n) is 4.80. The molecule has 0 saturated heterocycles. The van der Waals surface area contributed by atoms with Gasteiger partial charge in [-0.05, 0) is 35.9 Å². The Hall–Kier alpha value is -2.42. The number of nitrogens with two attached hydrogens (primary N) is 1. The van der Waals surface area contributed by atoms with Crippen LogP contribution in [-0.4, -0.2) is 20.2 Å². The number of sulfonamides is 1. The Morgan fingerprint density at radius 3 is 2.21 bits per heavy atom. The predicted octanol–water partition coefficient (Wildman–Crippen LogP) is 1.24. The number of rotatable bonds is 4. The smallest absolute Gasteiger partial charge is 0.313 e. The molecule has 4 N–H and O–H groups in total. The highest BCUT2D eigenvalue weighted by Gasteiger charge is 2.14. The van der Waals surface area contributed by atoms with E-state index in [0.717, 1.165) is 0 Å². The number of halogens is 1. The van der Waals surface area contributed by atoms with Crippen molar-refractivity contribution in [3.63, 3.8) is 0 Å².